The first-order chi connectivity index (χ1) is 15.3. The molecule has 1 aliphatic rings. The van der Waals surface area contributed by atoms with Gasteiger partial charge in [0.2, 0.25) is 0 Å². The van der Waals surface area contributed by atoms with Crippen LogP contribution in [0, 0.1) is 5.92 Å². The van der Waals surface area contributed by atoms with E-state index in [4.69, 9.17) is 0 Å². The first-order valence-corrected chi connectivity index (χ1v) is 12.1. The van der Waals surface area contributed by atoms with E-state index in [2.05, 4.69) is 107 Å². The number of hydrogen-bond donors (Lipinski definition) is 0. The second-order valence-corrected chi connectivity index (χ2v) is 8.77. The van der Waals surface area contributed by atoms with Gasteiger partial charge in [-0.3, -0.25) is 0 Å². The zero-order valence-corrected chi connectivity index (χ0v) is 21.6. The second kappa shape index (κ2) is 13.1. The van der Waals surface area contributed by atoms with Gasteiger partial charge in [-0.05, 0) is 67.3 Å². The molecule has 32 heavy (non-hydrogen) atoms. The lowest BCUT2D eigenvalue weighted by Crippen LogP contribution is -2.25. The van der Waals surface area contributed by atoms with E-state index in [9.17, 15) is 0 Å². The molecule has 174 valence electrons. The summed E-state index contributed by atoms with van der Waals surface area (Å²) < 4.78 is 0. The lowest BCUT2D eigenvalue weighted by molar-refractivity contribution is 0.317. The highest BCUT2D eigenvalue weighted by molar-refractivity contribution is 5.68. The van der Waals surface area contributed by atoms with Crippen molar-refractivity contribution < 1.29 is 0 Å². The number of hydrogen-bond acceptors (Lipinski definition) is 1. The molecule has 2 atom stereocenters. The van der Waals surface area contributed by atoms with Crippen molar-refractivity contribution in [1.29, 1.82) is 0 Å². The van der Waals surface area contributed by atoms with E-state index in [-0.39, 0.29) is 5.41 Å². The van der Waals surface area contributed by atoms with Crippen LogP contribution in [0.2, 0.25) is 0 Å². The van der Waals surface area contributed by atoms with Crippen LogP contribution in [0.15, 0.2) is 80.0 Å². The van der Waals surface area contributed by atoms with E-state index in [1.807, 2.05) is 26.8 Å². The summed E-state index contributed by atoms with van der Waals surface area (Å²) in [5.74, 6) is 0.754. The minimum absolute atomic E-state index is 0.103. The summed E-state index contributed by atoms with van der Waals surface area (Å²) in [6.45, 7) is 24.5. The van der Waals surface area contributed by atoms with Gasteiger partial charge >= 0.3 is 0 Å². The van der Waals surface area contributed by atoms with Crippen LogP contribution in [0.4, 0.5) is 0 Å². The van der Waals surface area contributed by atoms with Gasteiger partial charge in [-0.2, -0.15) is 0 Å². The number of nitrogens with zero attached hydrogens (tertiary/aromatic N) is 1. The fourth-order valence-electron chi connectivity index (χ4n) is 3.73. The van der Waals surface area contributed by atoms with Crippen LogP contribution in [0.3, 0.4) is 0 Å². The molecule has 3 rings (SSSR count). The summed E-state index contributed by atoms with van der Waals surface area (Å²) in [6, 6.07) is 18.1. The van der Waals surface area contributed by atoms with Crippen LogP contribution in [-0.2, 0) is 5.41 Å². The van der Waals surface area contributed by atoms with Crippen LogP contribution in [0.5, 0.6) is 0 Å². The maximum atomic E-state index is 4.09. The zero-order chi connectivity index (χ0) is 24.3. The van der Waals surface area contributed by atoms with Gasteiger partial charge < -0.3 is 4.90 Å². The largest absolute Gasteiger partial charge is 0.376 e. The van der Waals surface area contributed by atoms with E-state index in [0.717, 1.165) is 17.2 Å². The van der Waals surface area contributed by atoms with Gasteiger partial charge in [-0.25, -0.2) is 0 Å². The Morgan fingerprint density at radius 1 is 1.09 bits per heavy atom. The lowest BCUT2D eigenvalue weighted by Gasteiger charge is -2.27. The van der Waals surface area contributed by atoms with Crippen molar-refractivity contribution in [3.8, 4) is 11.1 Å². The maximum absolute atomic E-state index is 4.09. The molecule has 0 aliphatic heterocycles. The fraction of sp³-hybridized carbons (Fsp3) is 0.419. The average Bonchev–Trinajstić information content (AvgIpc) is 3.70. The predicted octanol–water partition coefficient (Wildman–Crippen LogP) is 9.13. The van der Waals surface area contributed by atoms with Crippen molar-refractivity contribution >= 4 is 6.08 Å². The number of benzene rings is 2. The highest BCUT2D eigenvalue weighted by atomic mass is 15.1. The van der Waals surface area contributed by atoms with Crippen molar-refractivity contribution in [3.63, 3.8) is 0 Å². The quantitative estimate of drug-likeness (QED) is 0.377. The molecule has 0 spiro atoms. The molecule has 1 saturated carbocycles. The summed E-state index contributed by atoms with van der Waals surface area (Å²) >= 11 is 0. The highest BCUT2D eigenvalue weighted by Crippen LogP contribution is 2.48. The smallest absolute Gasteiger partial charge is 0.0252 e. The molecule has 1 nitrogen and oxygen atoms in total. The molecule has 0 aromatic heterocycles. The summed E-state index contributed by atoms with van der Waals surface area (Å²) in [5, 5.41) is 0. The van der Waals surface area contributed by atoms with Gasteiger partial charge in [0.1, 0.15) is 0 Å². The SMILES string of the molecule is C=C(C)N(C)C(C)CC.C=Cc1cccc(-c2cccc(C(C)(C=C)C3CC3)c2)c1.CC. The number of allylic oxidation sites excluding steroid dienone is 2. The normalized spacial score (nSPS) is 15.0. The Labute approximate surface area is 198 Å². The van der Waals surface area contributed by atoms with E-state index < -0.39 is 0 Å². The minimum Gasteiger partial charge on any atom is -0.376 e. The highest BCUT2D eigenvalue weighted by Gasteiger charge is 2.40. The Balaban J connectivity index is 0.000000396. The fourth-order valence-corrected chi connectivity index (χ4v) is 3.73. The molecule has 0 radical (unpaired) electrons. The van der Waals surface area contributed by atoms with Crippen molar-refractivity contribution in [3.05, 3.63) is 91.2 Å². The van der Waals surface area contributed by atoms with Crippen LogP contribution < -0.4 is 0 Å². The standard InChI is InChI=1S/C21H22.C8H17N.C2H6/c1-4-16-8-6-9-17(14-16)18-10-7-11-20(15-18)21(3,5-2)19-12-13-19;1-6-8(4)9(5)7(2)3;1-2/h4-11,14-15,19H,1-2,12-13H2,3H3;8H,2,6H2,1,3-5H3;1-2H3. The number of rotatable bonds is 8. The van der Waals surface area contributed by atoms with Crippen molar-refractivity contribution in [1.82, 2.24) is 4.90 Å². The molecule has 2 aromatic rings. The van der Waals surface area contributed by atoms with Gasteiger partial charge in [-0.1, -0.05) is 95.5 Å². The first-order valence-electron chi connectivity index (χ1n) is 12.1. The second-order valence-electron chi connectivity index (χ2n) is 8.77. The third-order valence-electron chi connectivity index (χ3n) is 6.64. The molecule has 1 aliphatic carbocycles. The summed E-state index contributed by atoms with van der Waals surface area (Å²) in [7, 11) is 2.08. The monoisotopic (exact) mass is 431 g/mol. The molecule has 1 heteroatoms. The Morgan fingerprint density at radius 3 is 2.09 bits per heavy atom. The third-order valence-corrected chi connectivity index (χ3v) is 6.64. The maximum Gasteiger partial charge on any atom is 0.0252 e. The van der Waals surface area contributed by atoms with E-state index in [0.29, 0.717) is 6.04 Å². The predicted molar refractivity (Wildman–Crippen MR) is 146 cm³/mol. The van der Waals surface area contributed by atoms with Crippen molar-refractivity contribution in [2.24, 2.45) is 5.92 Å². The Morgan fingerprint density at radius 2 is 1.66 bits per heavy atom. The Kier molecular flexibility index (Phi) is 11.3. The zero-order valence-electron chi connectivity index (χ0n) is 21.6. The first kappa shape index (κ1) is 27.5. The summed E-state index contributed by atoms with van der Waals surface area (Å²) in [6.07, 6.45) is 7.84. The van der Waals surface area contributed by atoms with Crippen LogP contribution in [-0.4, -0.2) is 18.0 Å². The summed E-state index contributed by atoms with van der Waals surface area (Å²) in [4.78, 5) is 2.19. The van der Waals surface area contributed by atoms with Gasteiger partial charge in [0.25, 0.3) is 0 Å². The van der Waals surface area contributed by atoms with E-state index in [1.54, 1.807) is 0 Å². The topological polar surface area (TPSA) is 3.24 Å². The van der Waals surface area contributed by atoms with E-state index >= 15 is 0 Å². The van der Waals surface area contributed by atoms with Crippen molar-refractivity contribution in [2.75, 3.05) is 7.05 Å². The van der Waals surface area contributed by atoms with Crippen LogP contribution >= 0.6 is 0 Å². The molecule has 1 fully saturated rings. The molecule has 0 amide bonds. The van der Waals surface area contributed by atoms with Crippen LogP contribution in [0.25, 0.3) is 17.2 Å². The molecule has 2 unspecified atom stereocenters. The van der Waals surface area contributed by atoms with Crippen molar-refractivity contribution in [2.45, 2.75) is 72.3 Å². The average molecular weight is 432 g/mol. The Hall–Kier alpha value is -2.54. The van der Waals surface area contributed by atoms with Gasteiger partial charge in [0, 0.05) is 24.2 Å². The van der Waals surface area contributed by atoms with E-state index in [1.165, 1.54) is 36.0 Å². The van der Waals surface area contributed by atoms with Gasteiger partial charge in [-0.15, -0.1) is 6.58 Å². The molecular weight excluding hydrogens is 386 g/mol. The minimum atomic E-state index is 0.103. The molecule has 0 bridgehead atoms. The third kappa shape index (κ3) is 7.26. The Bertz CT molecular complexity index is 874. The molecular formula is C31H45N. The van der Waals surface area contributed by atoms with Crippen LogP contribution in [0.1, 0.15) is 71.9 Å². The molecule has 2 aromatic carbocycles. The molecule has 0 heterocycles. The van der Waals surface area contributed by atoms with Gasteiger partial charge in [0.15, 0.2) is 0 Å². The molecule has 0 N–H and O–H groups in total. The molecule has 0 saturated heterocycles. The lowest BCUT2D eigenvalue weighted by atomic mass is 9.77. The van der Waals surface area contributed by atoms with Gasteiger partial charge in [0.05, 0.1) is 0 Å². The summed E-state index contributed by atoms with van der Waals surface area (Å²) in [5.41, 5.74) is 6.30.